The fourth-order valence-corrected chi connectivity index (χ4v) is 2.94. The molecular formula is C21H20N2O5. The summed E-state index contributed by atoms with van der Waals surface area (Å²) in [4.78, 5) is 12.2. The van der Waals surface area contributed by atoms with Gasteiger partial charge in [0.25, 0.3) is 0 Å². The van der Waals surface area contributed by atoms with Crippen LogP contribution in [0.1, 0.15) is 11.3 Å². The normalized spacial score (nSPS) is 12.5. The van der Waals surface area contributed by atoms with Crippen molar-refractivity contribution < 1.29 is 23.5 Å². The summed E-state index contributed by atoms with van der Waals surface area (Å²) in [5.74, 6) is 2.59. The van der Waals surface area contributed by atoms with Crippen LogP contribution in [0.15, 0.2) is 53.1 Å². The highest BCUT2D eigenvalue weighted by Crippen LogP contribution is 2.34. The molecule has 0 aliphatic carbocycles. The molecule has 1 N–H and O–H groups in total. The molecule has 28 heavy (non-hydrogen) atoms. The number of hydrogen-bond acceptors (Lipinski definition) is 6. The average Bonchev–Trinajstić information content (AvgIpc) is 3.20. The topological polar surface area (TPSA) is 82.8 Å². The third-order valence-electron chi connectivity index (χ3n) is 4.35. The summed E-state index contributed by atoms with van der Waals surface area (Å²) in [6.07, 6.45) is 0.137. The molecule has 0 radical (unpaired) electrons. The first-order valence-corrected chi connectivity index (χ1v) is 8.96. The SMILES string of the molecule is COc1cccc(CNC(=O)Cc2cc(-c3ccc4c(c3)OCCO4)on2)c1. The lowest BCUT2D eigenvalue weighted by Crippen LogP contribution is -2.24. The molecule has 0 bridgehead atoms. The highest BCUT2D eigenvalue weighted by Gasteiger charge is 2.15. The van der Waals surface area contributed by atoms with Crippen molar-refractivity contribution in [1.29, 1.82) is 0 Å². The second kappa shape index (κ2) is 8.04. The monoisotopic (exact) mass is 380 g/mol. The third-order valence-corrected chi connectivity index (χ3v) is 4.35. The summed E-state index contributed by atoms with van der Waals surface area (Å²) in [5.41, 5.74) is 2.35. The molecule has 0 saturated heterocycles. The van der Waals surface area contributed by atoms with E-state index in [0.717, 1.165) is 16.9 Å². The summed E-state index contributed by atoms with van der Waals surface area (Å²) in [6.45, 7) is 1.48. The molecule has 0 atom stereocenters. The van der Waals surface area contributed by atoms with Gasteiger partial charge in [-0.15, -0.1) is 0 Å². The minimum Gasteiger partial charge on any atom is -0.497 e. The van der Waals surface area contributed by atoms with Gasteiger partial charge in [-0.3, -0.25) is 4.79 Å². The molecule has 7 heteroatoms. The van der Waals surface area contributed by atoms with E-state index in [4.69, 9.17) is 18.7 Å². The van der Waals surface area contributed by atoms with Gasteiger partial charge in [0.2, 0.25) is 5.91 Å². The van der Waals surface area contributed by atoms with E-state index in [2.05, 4.69) is 10.5 Å². The fraction of sp³-hybridized carbons (Fsp3) is 0.238. The number of methoxy groups -OCH3 is 1. The number of aromatic nitrogens is 1. The maximum absolute atomic E-state index is 12.2. The number of rotatable bonds is 6. The molecule has 2 aromatic carbocycles. The van der Waals surface area contributed by atoms with E-state index in [-0.39, 0.29) is 12.3 Å². The van der Waals surface area contributed by atoms with Crippen molar-refractivity contribution in [3.8, 4) is 28.6 Å². The molecule has 3 aromatic rings. The number of carbonyl (C=O) groups is 1. The van der Waals surface area contributed by atoms with Crippen LogP contribution in [-0.2, 0) is 17.8 Å². The Morgan fingerprint density at radius 2 is 1.96 bits per heavy atom. The third kappa shape index (κ3) is 4.09. The first-order chi connectivity index (χ1) is 13.7. The van der Waals surface area contributed by atoms with Gasteiger partial charge in [0.05, 0.1) is 19.2 Å². The number of carbonyl (C=O) groups excluding carboxylic acids is 1. The van der Waals surface area contributed by atoms with Crippen LogP contribution in [0.3, 0.4) is 0 Å². The second-order valence-corrected chi connectivity index (χ2v) is 6.35. The number of benzene rings is 2. The van der Waals surface area contributed by atoms with Crippen LogP contribution < -0.4 is 19.5 Å². The van der Waals surface area contributed by atoms with Crippen LogP contribution in [-0.4, -0.2) is 31.4 Å². The molecule has 1 aliphatic heterocycles. The zero-order valence-electron chi connectivity index (χ0n) is 15.4. The van der Waals surface area contributed by atoms with Crippen LogP contribution in [0.5, 0.6) is 17.2 Å². The molecule has 1 aliphatic rings. The van der Waals surface area contributed by atoms with Gasteiger partial charge in [-0.2, -0.15) is 0 Å². The summed E-state index contributed by atoms with van der Waals surface area (Å²) >= 11 is 0. The van der Waals surface area contributed by atoms with Gasteiger partial charge in [0.1, 0.15) is 19.0 Å². The van der Waals surface area contributed by atoms with Crippen molar-refractivity contribution in [1.82, 2.24) is 10.5 Å². The summed E-state index contributed by atoms with van der Waals surface area (Å²) in [5, 5.41) is 6.88. The van der Waals surface area contributed by atoms with Gasteiger partial charge in [0, 0.05) is 18.2 Å². The van der Waals surface area contributed by atoms with E-state index in [1.165, 1.54) is 0 Å². The zero-order chi connectivity index (χ0) is 19.3. The van der Waals surface area contributed by atoms with Gasteiger partial charge < -0.3 is 24.1 Å². The Morgan fingerprint density at radius 3 is 2.82 bits per heavy atom. The van der Waals surface area contributed by atoms with Gasteiger partial charge in [-0.25, -0.2) is 0 Å². The lowest BCUT2D eigenvalue weighted by atomic mass is 10.1. The van der Waals surface area contributed by atoms with Crippen molar-refractivity contribution in [3.63, 3.8) is 0 Å². The number of ether oxygens (including phenoxy) is 3. The smallest absolute Gasteiger partial charge is 0.226 e. The Labute approximate surface area is 162 Å². The quantitative estimate of drug-likeness (QED) is 0.708. The summed E-state index contributed by atoms with van der Waals surface area (Å²) < 4.78 is 21.7. The number of amides is 1. The van der Waals surface area contributed by atoms with Gasteiger partial charge >= 0.3 is 0 Å². The molecule has 2 heterocycles. The minimum atomic E-state index is -0.134. The number of nitrogens with one attached hydrogen (secondary N) is 1. The Balaban J connectivity index is 1.37. The van der Waals surface area contributed by atoms with Crippen molar-refractivity contribution >= 4 is 5.91 Å². The van der Waals surface area contributed by atoms with Crippen molar-refractivity contribution in [2.45, 2.75) is 13.0 Å². The zero-order valence-corrected chi connectivity index (χ0v) is 15.4. The van der Waals surface area contributed by atoms with E-state index < -0.39 is 0 Å². The molecular weight excluding hydrogens is 360 g/mol. The Bertz CT molecular complexity index is 982. The highest BCUT2D eigenvalue weighted by molar-refractivity contribution is 5.78. The van der Waals surface area contributed by atoms with Gasteiger partial charge in [-0.05, 0) is 35.9 Å². The van der Waals surface area contributed by atoms with E-state index in [0.29, 0.717) is 42.7 Å². The highest BCUT2D eigenvalue weighted by atomic mass is 16.6. The van der Waals surface area contributed by atoms with Gasteiger partial charge in [-0.1, -0.05) is 17.3 Å². The van der Waals surface area contributed by atoms with Crippen LogP contribution >= 0.6 is 0 Å². The summed E-state index contributed by atoms with van der Waals surface area (Å²) in [6, 6.07) is 14.9. The van der Waals surface area contributed by atoms with E-state index >= 15 is 0 Å². The standard InChI is InChI=1S/C21H20N2O5/c1-25-17-4-2-3-14(9-17)13-22-21(24)12-16-11-19(28-23-16)15-5-6-18-20(10-15)27-8-7-26-18/h2-6,9-11H,7-8,12-13H2,1H3,(H,22,24). The predicted octanol–water partition coefficient (Wildman–Crippen LogP) is 2.98. The molecule has 7 nitrogen and oxygen atoms in total. The van der Waals surface area contributed by atoms with Crippen LogP contribution in [0.25, 0.3) is 11.3 Å². The van der Waals surface area contributed by atoms with E-state index in [9.17, 15) is 4.79 Å². The maximum Gasteiger partial charge on any atom is 0.226 e. The van der Waals surface area contributed by atoms with Gasteiger partial charge in [0.15, 0.2) is 17.3 Å². The number of fused-ring (bicyclic) bond motifs is 1. The van der Waals surface area contributed by atoms with Crippen molar-refractivity contribution in [2.75, 3.05) is 20.3 Å². The first kappa shape index (κ1) is 17.9. The molecule has 144 valence electrons. The summed E-state index contributed by atoms with van der Waals surface area (Å²) in [7, 11) is 1.61. The van der Waals surface area contributed by atoms with E-state index in [1.54, 1.807) is 13.2 Å². The maximum atomic E-state index is 12.2. The Kier molecular flexibility index (Phi) is 5.14. The molecule has 0 spiro atoms. The average molecular weight is 380 g/mol. The van der Waals surface area contributed by atoms with Crippen LogP contribution in [0, 0.1) is 0 Å². The predicted molar refractivity (Wildman–Crippen MR) is 101 cm³/mol. The number of hydrogen-bond donors (Lipinski definition) is 1. The van der Waals surface area contributed by atoms with E-state index in [1.807, 2.05) is 42.5 Å². The molecule has 0 saturated carbocycles. The lowest BCUT2D eigenvalue weighted by molar-refractivity contribution is -0.120. The van der Waals surface area contributed by atoms with Crippen LogP contribution in [0.2, 0.25) is 0 Å². The number of nitrogens with zero attached hydrogens (tertiary/aromatic N) is 1. The lowest BCUT2D eigenvalue weighted by Gasteiger charge is -2.18. The van der Waals surface area contributed by atoms with Crippen molar-refractivity contribution in [2.24, 2.45) is 0 Å². The van der Waals surface area contributed by atoms with Crippen LogP contribution in [0.4, 0.5) is 0 Å². The minimum absolute atomic E-state index is 0.134. The molecule has 1 aromatic heterocycles. The van der Waals surface area contributed by atoms with Crippen molar-refractivity contribution in [3.05, 3.63) is 59.8 Å². The Hall–Kier alpha value is -3.48. The molecule has 1 amide bonds. The largest absolute Gasteiger partial charge is 0.497 e. The molecule has 0 fully saturated rings. The molecule has 0 unspecified atom stereocenters. The second-order valence-electron chi connectivity index (χ2n) is 6.35. The fourth-order valence-electron chi connectivity index (χ4n) is 2.94. The Morgan fingerprint density at radius 1 is 1.11 bits per heavy atom. The molecule has 4 rings (SSSR count). The first-order valence-electron chi connectivity index (χ1n) is 8.96.